The van der Waals surface area contributed by atoms with E-state index in [1.165, 1.54) is 26.4 Å². The number of phenolic OH excluding ortho intramolecular Hbond substituents is 1. The quantitative estimate of drug-likeness (QED) is 0.880. The van der Waals surface area contributed by atoms with Crippen molar-refractivity contribution in [3.63, 3.8) is 0 Å². The van der Waals surface area contributed by atoms with E-state index in [1.54, 1.807) is 4.90 Å². The molecule has 2 aliphatic carbocycles. The summed E-state index contributed by atoms with van der Waals surface area (Å²) in [7, 11) is 4.70. The van der Waals surface area contributed by atoms with Crippen LogP contribution in [0.5, 0.6) is 17.2 Å². The van der Waals surface area contributed by atoms with Crippen LogP contribution in [-0.2, 0) is 0 Å². The molecule has 132 valence electrons. The molecule has 2 saturated carbocycles. The first kappa shape index (κ1) is 16.9. The summed E-state index contributed by atoms with van der Waals surface area (Å²) >= 11 is 0. The number of carbonyl (C=O) groups excluding carboxylic acids is 1. The van der Waals surface area contributed by atoms with E-state index in [9.17, 15) is 15.0 Å². The number of rotatable bonds is 4. The highest BCUT2D eigenvalue weighted by Gasteiger charge is 2.43. The zero-order chi connectivity index (χ0) is 17.4. The zero-order valence-corrected chi connectivity index (χ0v) is 14.4. The zero-order valence-electron chi connectivity index (χ0n) is 14.4. The van der Waals surface area contributed by atoms with Crippen molar-refractivity contribution in [3.8, 4) is 17.2 Å². The Hall–Kier alpha value is -1.95. The van der Waals surface area contributed by atoms with E-state index in [0.717, 1.165) is 25.7 Å². The molecule has 2 fully saturated rings. The van der Waals surface area contributed by atoms with Gasteiger partial charge in [0.25, 0.3) is 5.91 Å². The summed E-state index contributed by atoms with van der Waals surface area (Å²) in [4.78, 5) is 14.6. The van der Waals surface area contributed by atoms with Gasteiger partial charge in [0.15, 0.2) is 11.5 Å². The van der Waals surface area contributed by atoms with Crippen LogP contribution in [0.25, 0.3) is 0 Å². The number of benzene rings is 1. The van der Waals surface area contributed by atoms with Crippen molar-refractivity contribution in [2.75, 3.05) is 21.3 Å². The first-order valence-corrected chi connectivity index (χ1v) is 8.34. The normalized spacial score (nSPS) is 28.5. The number of hydrogen-bond donors (Lipinski definition) is 2. The van der Waals surface area contributed by atoms with Crippen LogP contribution in [0.15, 0.2) is 12.1 Å². The molecule has 0 spiro atoms. The standard InChI is InChI=1S/C18H25NO5/c1-19(13-4-10-6-14(20)7-11(10)5-13)18(22)12-8-15(23-2)17(21)16(9-12)24-3/h8-11,13-14,20-21H,4-7H2,1-3H3/t10-,11+,13?,14?. The molecule has 0 bridgehead atoms. The second-order valence-corrected chi connectivity index (χ2v) is 6.92. The third kappa shape index (κ3) is 2.90. The Labute approximate surface area is 142 Å². The van der Waals surface area contributed by atoms with Crippen molar-refractivity contribution in [2.24, 2.45) is 11.8 Å². The van der Waals surface area contributed by atoms with Crippen molar-refractivity contribution in [1.82, 2.24) is 4.90 Å². The highest BCUT2D eigenvalue weighted by atomic mass is 16.5. The highest BCUT2D eigenvalue weighted by molar-refractivity contribution is 5.95. The van der Waals surface area contributed by atoms with Crippen LogP contribution in [0.3, 0.4) is 0 Å². The average molecular weight is 335 g/mol. The van der Waals surface area contributed by atoms with Gasteiger partial charge in [0.2, 0.25) is 5.75 Å². The maximum atomic E-state index is 12.8. The molecule has 2 unspecified atom stereocenters. The SMILES string of the molecule is COc1cc(C(=O)N(C)C2C[C@H]3CC(O)C[C@H]3C2)cc(OC)c1O. The Balaban J connectivity index is 1.77. The second-order valence-electron chi connectivity index (χ2n) is 6.92. The van der Waals surface area contributed by atoms with E-state index in [-0.39, 0.29) is 35.3 Å². The first-order valence-electron chi connectivity index (χ1n) is 8.34. The summed E-state index contributed by atoms with van der Waals surface area (Å²) in [6, 6.07) is 3.26. The minimum Gasteiger partial charge on any atom is -0.502 e. The smallest absolute Gasteiger partial charge is 0.254 e. The highest BCUT2D eigenvalue weighted by Crippen LogP contribution is 2.46. The molecule has 2 N–H and O–H groups in total. The van der Waals surface area contributed by atoms with Gasteiger partial charge in [-0.2, -0.15) is 0 Å². The minimum atomic E-state index is -0.174. The second kappa shape index (κ2) is 6.51. The van der Waals surface area contributed by atoms with Gasteiger partial charge in [-0.1, -0.05) is 0 Å². The summed E-state index contributed by atoms with van der Waals surface area (Å²) in [6.45, 7) is 0. The van der Waals surface area contributed by atoms with Crippen LogP contribution in [-0.4, -0.2) is 54.4 Å². The monoisotopic (exact) mass is 335 g/mol. The van der Waals surface area contributed by atoms with Gasteiger partial charge in [0.05, 0.1) is 20.3 Å². The largest absolute Gasteiger partial charge is 0.502 e. The van der Waals surface area contributed by atoms with Crippen molar-refractivity contribution in [1.29, 1.82) is 0 Å². The first-order chi connectivity index (χ1) is 11.4. The number of aliphatic hydroxyl groups excluding tert-OH is 1. The number of fused-ring (bicyclic) bond motifs is 1. The lowest BCUT2D eigenvalue weighted by Crippen LogP contribution is -2.36. The topological polar surface area (TPSA) is 79.2 Å². The molecule has 3 rings (SSSR count). The van der Waals surface area contributed by atoms with E-state index in [1.807, 2.05) is 7.05 Å². The van der Waals surface area contributed by atoms with Gasteiger partial charge in [-0.05, 0) is 49.7 Å². The van der Waals surface area contributed by atoms with Gasteiger partial charge in [-0.25, -0.2) is 0 Å². The number of methoxy groups -OCH3 is 2. The number of aromatic hydroxyl groups is 1. The Morgan fingerprint density at radius 2 is 1.58 bits per heavy atom. The van der Waals surface area contributed by atoms with E-state index < -0.39 is 0 Å². The van der Waals surface area contributed by atoms with Crippen LogP contribution < -0.4 is 9.47 Å². The molecule has 0 aliphatic heterocycles. The molecule has 0 saturated heterocycles. The summed E-state index contributed by atoms with van der Waals surface area (Å²) in [5, 5.41) is 19.7. The molecule has 2 aliphatic rings. The number of hydrogen-bond acceptors (Lipinski definition) is 5. The lowest BCUT2D eigenvalue weighted by Gasteiger charge is -2.26. The average Bonchev–Trinajstić information content (AvgIpc) is 3.11. The lowest BCUT2D eigenvalue weighted by atomic mass is 10.0. The summed E-state index contributed by atoms with van der Waals surface area (Å²) in [5.74, 6) is 1.25. The number of phenols is 1. The van der Waals surface area contributed by atoms with Gasteiger partial charge >= 0.3 is 0 Å². The Bertz CT molecular complexity index is 593. The summed E-state index contributed by atoms with van der Waals surface area (Å²) in [6.07, 6.45) is 3.41. The molecule has 0 radical (unpaired) electrons. The van der Waals surface area contributed by atoms with Gasteiger partial charge in [0.1, 0.15) is 0 Å². The van der Waals surface area contributed by atoms with Gasteiger partial charge in [-0.15, -0.1) is 0 Å². The maximum absolute atomic E-state index is 12.8. The third-order valence-electron chi connectivity index (χ3n) is 5.56. The van der Waals surface area contributed by atoms with Gasteiger partial charge < -0.3 is 24.6 Å². The van der Waals surface area contributed by atoms with Crippen molar-refractivity contribution < 1.29 is 24.5 Å². The third-order valence-corrected chi connectivity index (χ3v) is 5.56. The van der Waals surface area contributed by atoms with Crippen molar-refractivity contribution in [3.05, 3.63) is 17.7 Å². The molecule has 4 atom stereocenters. The Kier molecular flexibility index (Phi) is 4.58. The molecular weight excluding hydrogens is 310 g/mol. The van der Waals surface area contributed by atoms with Gasteiger partial charge in [-0.3, -0.25) is 4.79 Å². The summed E-state index contributed by atoms with van der Waals surface area (Å²) < 4.78 is 10.3. The molecule has 6 nitrogen and oxygen atoms in total. The lowest BCUT2D eigenvalue weighted by molar-refractivity contribution is 0.0721. The number of amides is 1. The Morgan fingerprint density at radius 1 is 1.08 bits per heavy atom. The van der Waals surface area contributed by atoms with Crippen LogP contribution >= 0.6 is 0 Å². The molecule has 6 heteroatoms. The molecule has 1 aromatic carbocycles. The number of aliphatic hydroxyl groups is 1. The predicted molar refractivity (Wildman–Crippen MR) is 88.5 cm³/mol. The number of nitrogens with zero attached hydrogens (tertiary/aromatic N) is 1. The maximum Gasteiger partial charge on any atom is 0.254 e. The van der Waals surface area contributed by atoms with E-state index >= 15 is 0 Å². The fourth-order valence-corrected chi connectivity index (χ4v) is 4.26. The molecule has 1 aromatic rings. The van der Waals surface area contributed by atoms with Crippen LogP contribution in [0.4, 0.5) is 0 Å². The van der Waals surface area contributed by atoms with Crippen LogP contribution in [0.1, 0.15) is 36.0 Å². The fourth-order valence-electron chi connectivity index (χ4n) is 4.26. The Morgan fingerprint density at radius 3 is 2.04 bits per heavy atom. The van der Waals surface area contributed by atoms with E-state index in [0.29, 0.717) is 17.4 Å². The van der Waals surface area contributed by atoms with Crippen molar-refractivity contribution >= 4 is 5.91 Å². The predicted octanol–water partition coefficient (Wildman–Crippen LogP) is 2.03. The van der Waals surface area contributed by atoms with Crippen molar-refractivity contribution in [2.45, 2.75) is 37.8 Å². The molecule has 0 aromatic heterocycles. The molecular formula is C18H25NO5. The molecule has 24 heavy (non-hydrogen) atoms. The molecule has 1 amide bonds. The van der Waals surface area contributed by atoms with Crippen LogP contribution in [0, 0.1) is 11.8 Å². The summed E-state index contributed by atoms with van der Waals surface area (Å²) in [5.41, 5.74) is 0.432. The number of ether oxygens (including phenoxy) is 2. The molecule has 0 heterocycles. The minimum absolute atomic E-state index is 0.108. The van der Waals surface area contributed by atoms with Gasteiger partial charge in [0, 0.05) is 18.7 Å². The fraction of sp³-hybridized carbons (Fsp3) is 0.611. The van der Waals surface area contributed by atoms with E-state index in [4.69, 9.17) is 9.47 Å². The van der Waals surface area contributed by atoms with Crippen LogP contribution in [0.2, 0.25) is 0 Å². The van der Waals surface area contributed by atoms with E-state index in [2.05, 4.69) is 0 Å². The number of carbonyl (C=O) groups is 1.